The van der Waals surface area contributed by atoms with Crippen LogP contribution in [0, 0.1) is 6.92 Å². The summed E-state index contributed by atoms with van der Waals surface area (Å²) in [6.07, 6.45) is 0.867. The van der Waals surface area contributed by atoms with Gasteiger partial charge in [0.2, 0.25) is 5.76 Å². The molecule has 4 aromatic rings. The summed E-state index contributed by atoms with van der Waals surface area (Å²) in [5, 5.41) is 0.721. The molecule has 0 radical (unpaired) electrons. The molecule has 0 aliphatic carbocycles. The molecule has 172 valence electrons. The van der Waals surface area contributed by atoms with E-state index in [0.717, 1.165) is 28.9 Å². The van der Waals surface area contributed by atoms with Crippen LogP contribution in [-0.2, 0) is 11.2 Å². The van der Waals surface area contributed by atoms with Crippen molar-refractivity contribution in [2.75, 3.05) is 11.5 Å². The Morgan fingerprint density at radius 3 is 2.56 bits per heavy atom. The van der Waals surface area contributed by atoms with E-state index in [-0.39, 0.29) is 23.4 Å². The SMILES string of the molecule is CCOC(=O)c1sc(N2C(=O)c3oc4ccccc4c(=O)c3C2c2ccc(CC)cc2)nc1C. The van der Waals surface area contributed by atoms with Crippen LogP contribution in [0.25, 0.3) is 11.0 Å². The van der Waals surface area contributed by atoms with Gasteiger partial charge in [-0.05, 0) is 43.5 Å². The predicted molar refractivity (Wildman–Crippen MR) is 130 cm³/mol. The van der Waals surface area contributed by atoms with Gasteiger partial charge in [-0.15, -0.1) is 0 Å². The number of amides is 1. The van der Waals surface area contributed by atoms with E-state index in [9.17, 15) is 14.4 Å². The molecule has 2 aromatic heterocycles. The van der Waals surface area contributed by atoms with E-state index in [2.05, 4.69) is 11.9 Å². The smallest absolute Gasteiger partial charge is 0.350 e. The number of fused-ring (bicyclic) bond motifs is 2. The highest BCUT2D eigenvalue weighted by atomic mass is 32.1. The number of esters is 1. The number of rotatable bonds is 5. The average Bonchev–Trinajstić information content (AvgIpc) is 3.37. The van der Waals surface area contributed by atoms with Gasteiger partial charge in [0, 0.05) is 0 Å². The van der Waals surface area contributed by atoms with E-state index >= 15 is 0 Å². The molecule has 3 heterocycles. The topological polar surface area (TPSA) is 89.7 Å². The van der Waals surface area contributed by atoms with Crippen LogP contribution in [0.4, 0.5) is 5.13 Å². The summed E-state index contributed by atoms with van der Waals surface area (Å²) in [4.78, 5) is 45.9. The molecule has 7 nitrogen and oxygen atoms in total. The van der Waals surface area contributed by atoms with E-state index < -0.39 is 17.9 Å². The van der Waals surface area contributed by atoms with Gasteiger partial charge in [-0.25, -0.2) is 9.78 Å². The number of hydrogen-bond donors (Lipinski definition) is 0. The Labute approximate surface area is 199 Å². The molecule has 5 rings (SSSR count). The summed E-state index contributed by atoms with van der Waals surface area (Å²) in [6.45, 7) is 5.72. The number of ether oxygens (including phenoxy) is 1. The Hall–Kier alpha value is -3.78. The molecule has 0 N–H and O–H groups in total. The summed E-state index contributed by atoms with van der Waals surface area (Å²) in [5.74, 6) is -0.956. The number of carbonyl (C=O) groups is 2. The van der Waals surface area contributed by atoms with E-state index in [1.807, 2.05) is 24.3 Å². The maximum Gasteiger partial charge on any atom is 0.350 e. The number of benzene rings is 2. The number of carbonyl (C=O) groups excluding carboxylic acids is 2. The summed E-state index contributed by atoms with van der Waals surface area (Å²) in [6, 6.07) is 14.0. The molecular weight excluding hydrogens is 452 g/mol. The molecule has 0 saturated carbocycles. The second-order valence-electron chi connectivity index (χ2n) is 7.97. The summed E-state index contributed by atoms with van der Waals surface area (Å²) >= 11 is 1.07. The van der Waals surface area contributed by atoms with Crippen molar-refractivity contribution in [1.29, 1.82) is 0 Å². The van der Waals surface area contributed by atoms with Gasteiger partial charge in [-0.1, -0.05) is 54.7 Å². The minimum absolute atomic E-state index is 0.00111. The standard InChI is InChI=1S/C26H22N2O5S/c1-4-15-10-12-16(13-11-15)20-19-21(29)17-8-6-7-9-18(17)33-22(19)24(30)28(20)26-27-14(3)23(34-26)25(31)32-5-2/h6-13,20H,4-5H2,1-3H3. The molecule has 1 aliphatic heterocycles. The monoisotopic (exact) mass is 474 g/mol. The van der Waals surface area contributed by atoms with Gasteiger partial charge in [-0.2, -0.15) is 0 Å². The normalized spacial score (nSPS) is 15.1. The van der Waals surface area contributed by atoms with Crippen molar-refractivity contribution in [3.05, 3.63) is 91.8 Å². The quantitative estimate of drug-likeness (QED) is 0.376. The molecule has 0 fully saturated rings. The predicted octanol–water partition coefficient (Wildman–Crippen LogP) is 5.05. The van der Waals surface area contributed by atoms with Gasteiger partial charge in [0.15, 0.2) is 10.6 Å². The average molecular weight is 475 g/mol. The second-order valence-corrected chi connectivity index (χ2v) is 8.95. The number of aromatic nitrogens is 1. The minimum Gasteiger partial charge on any atom is -0.462 e. The van der Waals surface area contributed by atoms with Crippen LogP contribution >= 0.6 is 11.3 Å². The maximum absolute atomic E-state index is 13.7. The number of thiazole rings is 1. The van der Waals surface area contributed by atoms with E-state index in [1.54, 1.807) is 38.1 Å². The zero-order valence-corrected chi connectivity index (χ0v) is 19.8. The zero-order valence-electron chi connectivity index (χ0n) is 19.0. The third kappa shape index (κ3) is 3.42. The molecule has 2 aromatic carbocycles. The first kappa shape index (κ1) is 22.0. The van der Waals surface area contributed by atoms with Crippen LogP contribution in [-0.4, -0.2) is 23.5 Å². The third-order valence-corrected chi connectivity index (χ3v) is 7.07. The van der Waals surface area contributed by atoms with Crippen LogP contribution in [0.5, 0.6) is 0 Å². The lowest BCUT2D eigenvalue weighted by molar-refractivity contribution is 0.0531. The first-order valence-corrected chi connectivity index (χ1v) is 11.9. The van der Waals surface area contributed by atoms with Crippen LogP contribution in [0.3, 0.4) is 0 Å². The van der Waals surface area contributed by atoms with Crippen molar-refractivity contribution >= 4 is 39.3 Å². The number of aryl methyl sites for hydroxylation is 2. The first-order valence-electron chi connectivity index (χ1n) is 11.1. The lowest BCUT2D eigenvalue weighted by atomic mass is 9.97. The molecule has 1 aliphatic rings. The highest BCUT2D eigenvalue weighted by Gasteiger charge is 2.45. The molecule has 34 heavy (non-hydrogen) atoms. The molecule has 8 heteroatoms. The van der Waals surface area contributed by atoms with E-state index in [0.29, 0.717) is 26.7 Å². The highest BCUT2D eigenvalue weighted by molar-refractivity contribution is 7.17. The molecule has 1 unspecified atom stereocenters. The van der Waals surface area contributed by atoms with Gasteiger partial charge in [-0.3, -0.25) is 14.5 Å². The van der Waals surface area contributed by atoms with Crippen molar-refractivity contribution in [2.24, 2.45) is 0 Å². The van der Waals surface area contributed by atoms with Gasteiger partial charge in [0.25, 0.3) is 5.91 Å². The minimum atomic E-state index is -0.727. The second kappa shape index (κ2) is 8.53. The van der Waals surface area contributed by atoms with E-state index in [1.165, 1.54) is 4.90 Å². The number of anilines is 1. The van der Waals surface area contributed by atoms with Crippen molar-refractivity contribution in [1.82, 2.24) is 4.98 Å². The van der Waals surface area contributed by atoms with Gasteiger partial charge in [0.1, 0.15) is 10.5 Å². The molecule has 0 saturated heterocycles. The van der Waals surface area contributed by atoms with Crippen molar-refractivity contribution in [3.63, 3.8) is 0 Å². The largest absolute Gasteiger partial charge is 0.462 e. The fourth-order valence-corrected chi connectivity index (χ4v) is 5.23. The maximum atomic E-state index is 13.7. The molecule has 0 bridgehead atoms. The first-order chi connectivity index (χ1) is 16.4. The molecule has 1 atom stereocenters. The fraction of sp³-hybridized carbons (Fsp3) is 0.231. The van der Waals surface area contributed by atoms with E-state index in [4.69, 9.17) is 9.15 Å². The highest BCUT2D eigenvalue weighted by Crippen LogP contribution is 2.43. The Bertz CT molecular complexity index is 1490. The van der Waals surface area contributed by atoms with Crippen LogP contribution < -0.4 is 10.3 Å². The lowest BCUT2D eigenvalue weighted by Crippen LogP contribution is -2.29. The summed E-state index contributed by atoms with van der Waals surface area (Å²) in [7, 11) is 0. The van der Waals surface area contributed by atoms with Gasteiger partial charge < -0.3 is 9.15 Å². The fourth-order valence-electron chi connectivity index (χ4n) is 4.24. The number of para-hydroxylation sites is 1. The van der Waals surface area contributed by atoms with Gasteiger partial charge in [0.05, 0.1) is 29.3 Å². The van der Waals surface area contributed by atoms with Crippen LogP contribution in [0.15, 0.2) is 57.7 Å². The number of hydrogen-bond acceptors (Lipinski definition) is 7. The number of nitrogens with zero attached hydrogens (tertiary/aromatic N) is 2. The Morgan fingerprint density at radius 2 is 1.85 bits per heavy atom. The Balaban J connectivity index is 1.73. The Morgan fingerprint density at radius 1 is 1.12 bits per heavy atom. The third-order valence-electron chi connectivity index (χ3n) is 5.93. The molecular formula is C26H22N2O5S. The summed E-state index contributed by atoms with van der Waals surface area (Å²) < 4.78 is 11.1. The zero-order chi connectivity index (χ0) is 24.0. The summed E-state index contributed by atoms with van der Waals surface area (Å²) in [5.41, 5.74) is 2.74. The van der Waals surface area contributed by atoms with Gasteiger partial charge >= 0.3 is 5.97 Å². The Kier molecular flexibility index (Phi) is 5.53. The molecule has 0 spiro atoms. The molecule has 1 amide bonds. The van der Waals surface area contributed by atoms with Crippen molar-refractivity contribution in [3.8, 4) is 0 Å². The van der Waals surface area contributed by atoms with Crippen LogP contribution in [0.2, 0.25) is 0 Å². The lowest BCUT2D eigenvalue weighted by Gasteiger charge is -2.22. The van der Waals surface area contributed by atoms with Crippen molar-refractivity contribution < 1.29 is 18.7 Å². The van der Waals surface area contributed by atoms with Crippen molar-refractivity contribution in [2.45, 2.75) is 33.2 Å². The van der Waals surface area contributed by atoms with Crippen LogP contribution in [0.1, 0.15) is 62.5 Å².